The lowest BCUT2D eigenvalue weighted by molar-refractivity contribution is 0.102. The number of pyridine rings is 1. The summed E-state index contributed by atoms with van der Waals surface area (Å²) in [7, 11) is 0. The van der Waals surface area contributed by atoms with Crippen molar-refractivity contribution in [2.24, 2.45) is 0 Å². The first-order valence-corrected chi connectivity index (χ1v) is 10.3. The van der Waals surface area contributed by atoms with Crippen LogP contribution < -0.4 is 10.1 Å². The van der Waals surface area contributed by atoms with Crippen molar-refractivity contribution in [1.82, 2.24) is 4.98 Å². The van der Waals surface area contributed by atoms with Crippen LogP contribution in [0.3, 0.4) is 0 Å². The predicted octanol–water partition coefficient (Wildman–Crippen LogP) is 6.85. The van der Waals surface area contributed by atoms with E-state index >= 15 is 0 Å². The summed E-state index contributed by atoms with van der Waals surface area (Å²) in [5.41, 5.74) is 2.56. The summed E-state index contributed by atoms with van der Waals surface area (Å²) < 4.78 is 11.5. The van der Waals surface area contributed by atoms with Crippen molar-refractivity contribution in [3.8, 4) is 23.0 Å². The maximum atomic E-state index is 13.2. The zero-order chi connectivity index (χ0) is 21.9. The Kier molecular flexibility index (Phi) is 5.14. The van der Waals surface area contributed by atoms with Crippen molar-refractivity contribution in [2.75, 3.05) is 5.32 Å². The minimum absolute atomic E-state index is 0.218. The van der Waals surface area contributed by atoms with E-state index in [0.29, 0.717) is 28.5 Å². The number of carbonyl (C=O) groups excluding carboxylic acids is 1. The second kappa shape index (κ2) is 8.40. The molecule has 0 aliphatic carbocycles. The van der Waals surface area contributed by atoms with Crippen molar-refractivity contribution in [1.29, 1.82) is 0 Å². The summed E-state index contributed by atoms with van der Waals surface area (Å²) in [4.78, 5) is 17.9. The van der Waals surface area contributed by atoms with Crippen molar-refractivity contribution in [2.45, 2.75) is 6.92 Å². The Labute approximate surface area is 185 Å². The Bertz CT molecular complexity index is 1390. The van der Waals surface area contributed by atoms with Crippen molar-refractivity contribution >= 4 is 22.5 Å². The third-order valence-corrected chi connectivity index (χ3v) is 5.04. The average molecular weight is 420 g/mol. The number of fused-ring (bicyclic) bond motifs is 1. The molecule has 0 radical (unpaired) electrons. The van der Waals surface area contributed by atoms with Crippen LogP contribution in [0.2, 0.25) is 0 Å². The number of rotatable bonds is 5. The van der Waals surface area contributed by atoms with Crippen LogP contribution in [0, 0.1) is 6.92 Å². The Morgan fingerprint density at radius 2 is 1.56 bits per heavy atom. The number of hydrogen-bond donors (Lipinski definition) is 1. The Hall–Kier alpha value is -4.38. The van der Waals surface area contributed by atoms with E-state index in [9.17, 15) is 4.79 Å². The number of anilines is 1. The second-order valence-electron chi connectivity index (χ2n) is 7.38. The first-order valence-electron chi connectivity index (χ1n) is 10.3. The largest absolute Gasteiger partial charge is 0.460 e. The molecule has 2 aromatic heterocycles. The summed E-state index contributed by atoms with van der Waals surface area (Å²) in [5.74, 6) is 2.65. The molecule has 156 valence electrons. The Morgan fingerprint density at radius 1 is 0.844 bits per heavy atom. The standard InChI is InChI=1S/C27H20N2O3/c1-18-11-16-26(31-18)25-17-23(22-9-5-6-10-24(22)29-25)27(30)28-19-12-14-21(15-13-19)32-20-7-3-2-4-8-20/h2-17H,1H3,(H,28,30). The summed E-state index contributed by atoms with van der Waals surface area (Å²) >= 11 is 0. The molecule has 5 rings (SSSR count). The summed E-state index contributed by atoms with van der Waals surface area (Å²) in [5, 5.41) is 3.75. The molecular weight excluding hydrogens is 400 g/mol. The lowest BCUT2D eigenvalue weighted by Gasteiger charge is -2.11. The molecule has 0 saturated carbocycles. The minimum atomic E-state index is -0.218. The molecule has 1 amide bonds. The Morgan fingerprint density at radius 3 is 2.31 bits per heavy atom. The van der Waals surface area contributed by atoms with Crippen molar-refractivity contribution in [3.63, 3.8) is 0 Å². The summed E-state index contributed by atoms with van der Waals surface area (Å²) in [6.45, 7) is 1.88. The Balaban J connectivity index is 1.42. The lowest BCUT2D eigenvalue weighted by Crippen LogP contribution is -2.13. The zero-order valence-corrected chi connectivity index (χ0v) is 17.4. The maximum absolute atomic E-state index is 13.2. The number of para-hydroxylation sites is 2. The third kappa shape index (κ3) is 4.09. The fourth-order valence-electron chi connectivity index (χ4n) is 3.49. The SMILES string of the molecule is Cc1ccc(-c2cc(C(=O)Nc3ccc(Oc4ccccc4)cc3)c3ccccc3n2)o1. The van der Waals surface area contributed by atoms with Gasteiger partial charge in [0.15, 0.2) is 5.76 Å². The van der Waals surface area contributed by atoms with Gasteiger partial charge in [-0.3, -0.25) is 4.79 Å². The van der Waals surface area contributed by atoms with Crippen molar-refractivity contribution < 1.29 is 13.9 Å². The van der Waals surface area contributed by atoms with Gasteiger partial charge in [-0.2, -0.15) is 0 Å². The van der Waals surface area contributed by atoms with E-state index in [1.54, 1.807) is 6.07 Å². The number of furan rings is 1. The number of nitrogens with zero attached hydrogens (tertiary/aromatic N) is 1. The number of aryl methyl sites for hydroxylation is 1. The highest BCUT2D eigenvalue weighted by Crippen LogP contribution is 2.28. The van der Waals surface area contributed by atoms with E-state index in [1.165, 1.54) is 0 Å². The molecule has 1 N–H and O–H groups in total. The van der Waals surface area contributed by atoms with Crippen LogP contribution in [-0.4, -0.2) is 10.9 Å². The molecule has 32 heavy (non-hydrogen) atoms. The molecule has 0 atom stereocenters. The number of hydrogen-bond acceptors (Lipinski definition) is 4. The van der Waals surface area contributed by atoms with E-state index < -0.39 is 0 Å². The average Bonchev–Trinajstić information content (AvgIpc) is 3.26. The van der Waals surface area contributed by atoms with E-state index in [4.69, 9.17) is 9.15 Å². The fourth-order valence-corrected chi connectivity index (χ4v) is 3.49. The van der Waals surface area contributed by atoms with E-state index in [-0.39, 0.29) is 5.91 Å². The molecule has 5 heteroatoms. The highest BCUT2D eigenvalue weighted by molar-refractivity contribution is 6.13. The van der Waals surface area contributed by atoms with Crippen LogP contribution >= 0.6 is 0 Å². The highest BCUT2D eigenvalue weighted by Gasteiger charge is 2.15. The van der Waals surface area contributed by atoms with Gasteiger partial charge in [0.2, 0.25) is 0 Å². The third-order valence-electron chi connectivity index (χ3n) is 5.04. The van der Waals surface area contributed by atoms with Gasteiger partial charge >= 0.3 is 0 Å². The molecule has 0 aliphatic heterocycles. The maximum Gasteiger partial charge on any atom is 0.256 e. The molecule has 3 aromatic carbocycles. The molecule has 0 spiro atoms. The van der Waals surface area contributed by atoms with Crippen LogP contribution in [0.1, 0.15) is 16.1 Å². The normalized spacial score (nSPS) is 10.8. The molecule has 5 nitrogen and oxygen atoms in total. The van der Waals surface area contributed by atoms with Gasteiger partial charge in [-0.15, -0.1) is 0 Å². The van der Waals surface area contributed by atoms with Crippen LogP contribution in [0.4, 0.5) is 5.69 Å². The number of amides is 1. The van der Waals surface area contributed by atoms with E-state index in [0.717, 1.165) is 22.4 Å². The molecule has 0 aliphatic rings. The quantitative estimate of drug-likeness (QED) is 0.338. The smallest absolute Gasteiger partial charge is 0.256 e. The van der Waals surface area contributed by atoms with Gasteiger partial charge < -0.3 is 14.5 Å². The van der Waals surface area contributed by atoms with Gasteiger partial charge in [-0.05, 0) is 67.6 Å². The topological polar surface area (TPSA) is 64.4 Å². The molecule has 2 heterocycles. The lowest BCUT2D eigenvalue weighted by atomic mass is 10.1. The van der Waals surface area contributed by atoms with E-state index in [2.05, 4.69) is 10.3 Å². The molecule has 0 unspecified atom stereocenters. The monoisotopic (exact) mass is 420 g/mol. The van der Waals surface area contributed by atoms with Crippen molar-refractivity contribution in [3.05, 3.63) is 108 Å². The van der Waals surface area contributed by atoms with E-state index in [1.807, 2.05) is 97.9 Å². The summed E-state index contributed by atoms with van der Waals surface area (Å²) in [6, 6.07) is 29.9. The first-order chi connectivity index (χ1) is 15.7. The number of benzene rings is 3. The molecule has 0 saturated heterocycles. The molecule has 0 fully saturated rings. The summed E-state index contributed by atoms with van der Waals surface area (Å²) in [6.07, 6.45) is 0. The van der Waals surface area contributed by atoms with Gasteiger partial charge in [0.1, 0.15) is 23.0 Å². The molecule has 5 aromatic rings. The highest BCUT2D eigenvalue weighted by atomic mass is 16.5. The number of aromatic nitrogens is 1. The van der Waals surface area contributed by atoms with Gasteiger partial charge in [-0.1, -0.05) is 36.4 Å². The predicted molar refractivity (Wildman–Crippen MR) is 125 cm³/mol. The van der Waals surface area contributed by atoms with Gasteiger partial charge in [0.25, 0.3) is 5.91 Å². The molecule has 0 bridgehead atoms. The van der Waals surface area contributed by atoms with Crippen LogP contribution in [0.15, 0.2) is 101 Å². The zero-order valence-electron chi connectivity index (χ0n) is 17.4. The number of ether oxygens (including phenoxy) is 1. The van der Waals surface area contributed by atoms with Crippen LogP contribution in [0.5, 0.6) is 11.5 Å². The van der Waals surface area contributed by atoms with Crippen LogP contribution in [0.25, 0.3) is 22.4 Å². The molecular formula is C27H20N2O3. The van der Waals surface area contributed by atoms with Gasteiger partial charge in [0.05, 0.1) is 11.1 Å². The van der Waals surface area contributed by atoms with Crippen LogP contribution in [-0.2, 0) is 0 Å². The first kappa shape index (κ1) is 19.6. The minimum Gasteiger partial charge on any atom is -0.460 e. The number of carbonyl (C=O) groups is 1. The second-order valence-corrected chi connectivity index (χ2v) is 7.38. The number of nitrogens with one attached hydrogen (secondary N) is 1. The fraction of sp³-hybridized carbons (Fsp3) is 0.0370. The van der Waals surface area contributed by atoms with Gasteiger partial charge in [0, 0.05) is 11.1 Å². The van der Waals surface area contributed by atoms with Gasteiger partial charge in [-0.25, -0.2) is 4.98 Å².